The van der Waals surface area contributed by atoms with Crippen LogP contribution in [0.1, 0.15) is 31.8 Å². The second-order valence-electron chi connectivity index (χ2n) is 4.34. The van der Waals surface area contributed by atoms with Gasteiger partial charge in [0.05, 0.1) is 11.1 Å². The fourth-order valence-corrected chi connectivity index (χ4v) is 1.39. The van der Waals surface area contributed by atoms with Gasteiger partial charge >= 0.3 is 11.9 Å². The molecule has 20 heavy (non-hydrogen) atoms. The first-order chi connectivity index (χ1) is 9.40. The largest absolute Gasteiger partial charge is 0.478 e. The SMILES string of the molecule is Cc1ccc(C)cc1.O=C(O)c1ccc(C(=O)O)cc1. The third-order valence-electron chi connectivity index (χ3n) is 2.60. The summed E-state index contributed by atoms with van der Waals surface area (Å²) in [5.41, 5.74) is 2.83. The van der Waals surface area contributed by atoms with Crippen LogP contribution in [0, 0.1) is 13.8 Å². The minimum absolute atomic E-state index is 0.0833. The van der Waals surface area contributed by atoms with Gasteiger partial charge in [-0.2, -0.15) is 0 Å². The predicted molar refractivity (Wildman–Crippen MR) is 76.3 cm³/mol. The topological polar surface area (TPSA) is 74.6 Å². The van der Waals surface area contributed by atoms with Gasteiger partial charge in [-0.05, 0) is 38.1 Å². The van der Waals surface area contributed by atoms with Gasteiger partial charge in [0.1, 0.15) is 0 Å². The van der Waals surface area contributed by atoms with Gasteiger partial charge in [0, 0.05) is 0 Å². The van der Waals surface area contributed by atoms with Crippen molar-refractivity contribution in [3.8, 4) is 0 Å². The van der Waals surface area contributed by atoms with Crippen molar-refractivity contribution in [2.75, 3.05) is 0 Å². The maximum absolute atomic E-state index is 10.3. The van der Waals surface area contributed by atoms with Gasteiger partial charge in [-0.1, -0.05) is 35.4 Å². The van der Waals surface area contributed by atoms with E-state index in [2.05, 4.69) is 38.1 Å². The summed E-state index contributed by atoms with van der Waals surface area (Å²) in [6, 6.07) is 13.5. The van der Waals surface area contributed by atoms with Crippen LogP contribution in [-0.2, 0) is 0 Å². The summed E-state index contributed by atoms with van der Waals surface area (Å²) in [4.78, 5) is 20.7. The predicted octanol–water partition coefficient (Wildman–Crippen LogP) is 3.39. The van der Waals surface area contributed by atoms with E-state index in [1.165, 1.54) is 35.4 Å². The first kappa shape index (κ1) is 15.4. The Hall–Kier alpha value is -2.62. The van der Waals surface area contributed by atoms with E-state index in [1.807, 2.05) is 0 Å². The van der Waals surface area contributed by atoms with Gasteiger partial charge in [0.15, 0.2) is 0 Å². The zero-order valence-electron chi connectivity index (χ0n) is 11.3. The Morgan fingerprint density at radius 3 is 1.10 bits per heavy atom. The highest BCUT2D eigenvalue weighted by molar-refractivity contribution is 5.91. The molecular weight excluding hydrogens is 256 g/mol. The molecule has 0 saturated heterocycles. The van der Waals surface area contributed by atoms with E-state index in [1.54, 1.807) is 0 Å². The Morgan fingerprint density at radius 2 is 0.900 bits per heavy atom. The lowest BCUT2D eigenvalue weighted by Gasteiger charge is -1.94. The van der Waals surface area contributed by atoms with Crippen molar-refractivity contribution >= 4 is 11.9 Å². The van der Waals surface area contributed by atoms with E-state index < -0.39 is 11.9 Å². The van der Waals surface area contributed by atoms with Crippen LogP contribution < -0.4 is 0 Å². The summed E-state index contributed by atoms with van der Waals surface area (Å²) < 4.78 is 0. The minimum atomic E-state index is -1.06. The maximum atomic E-state index is 10.3. The van der Waals surface area contributed by atoms with Crippen LogP contribution in [0.15, 0.2) is 48.5 Å². The molecule has 0 aliphatic rings. The van der Waals surface area contributed by atoms with E-state index in [4.69, 9.17) is 10.2 Å². The quantitative estimate of drug-likeness (QED) is 0.878. The van der Waals surface area contributed by atoms with Gasteiger partial charge in [-0.15, -0.1) is 0 Å². The summed E-state index contributed by atoms with van der Waals surface area (Å²) in [6.07, 6.45) is 0. The standard InChI is InChI=1S/C8H6O4.C8H10/c9-7(10)5-1-2-6(4-3-5)8(11)12;1-7-3-5-8(2)6-4-7/h1-4H,(H,9,10)(H,11,12);3-6H,1-2H3. The highest BCUT2D eigenvalue weighted by Gasteiger charge is 2.04. The lowest BCUT2D eigenvalue weighted by molar-refractivity contribution is 0.0681. The van der Waals surface area contributed by atoms with Crippen LogP contribution in [0.25, 0.3) is 0 Å². The molecule has 0 saturated carbocycles. The van der Waals surface area contributed by atoms with Gasteiger partial charge < -0.3 is 10.2 Å². The van der Waals surface area contributed by atoms with Crippen molar-refractivity contribution in [2.45, 2.75) is 13.8 Å². The van der Waals surface area contributed by atoms with Crippen molar-refractivity contribution in [2.24, 2.45) is 0 Å². The summed E-state index contributed by atoms with van der Waals surface area (Å²) in [5, 5.41) is 16.9. The third kappa shape index (κ3) is 4.94. The highest BCUT2D eigenvalue weighted by Crippen LogP contribution is 2.03. The van der Waals surface area contributed by atoms with Gasteiger partial charge in [-0.25, -0.2) is 9.59 Å². The summed E-state index contributed by atoms with van der Waals surface area (Å²) in [7, 11) is 0. The molecule has 4 nitrogen and oxygen atoms in total. The fraction of sp³-hybridized carbons (Fsp3) is 0.125. The van der Waals surface area contributed by atoms with Gasteiger partial charge in [-0.3, -0.25) is 0 Å². The molecule has 0 aliphatic heterocycles. The number of carboxylic acids is 2. The zero-order chi connectivity index (χ0) is 15.1. The average Bonchev–Trinajstić information content (AvgIpc) is 2.43. The molecule has 104 valence electrons. The van der Waals surface area contributed by atoms with Crippen molar-refractivity contribution in [3.05, 3.63) is 70.8 Å². The Bertz CT molecular complexity index is 529. The number of carboxylic acid groups (broad SMARTS) is 2. The molecule has 0 bridgehead atoms. The van der Waals surface area contributed by atoms with Gasteiger partial charge in [0.25, 0.3) is 0 Å². The van der Waals surface area contributed by atoms with Crippen LogP contribution in [0.4, 0.5) is 0 Å². The minimum Gasteiger partial charge on any atom is -0.478 e. The molecule has 2 aromatic carbocycles. The van der Waals surface area contributed by atoms with Crippen LogP contribution in [-0.4, -0.2) is 22.2 Å². The van der Waals surface area contributed by atoms with Crippen LogP contribution in [0.5, 0.6) is 0 Å². The smallest absolute Gasteiger partial charge is 0.335 e. The molecule has 2 N–H and O–H groups in total. The fourth-order valence-electron chi connectivity index (χ4n) is 1.39. The van der Waals surface area contributed by atoms with E-state index in [0.717, 1.165) is 0 Å². The van der Waals surface area contributed by atoms with Crippen molar-refractivity contribution in [1.29, 1.82) is 0 Å². The van der Waals surface area contributed by atoms with E-state index in [9.17, 15) is 9.59 Å². The van der Waals surface area contributed by atoms with Gasteiger partial charge in [0.2, 0.25) is 0 Å². The monoisotopic (exact) mass is 272 g/mol. The van der Waals surface area contributed by atoms with Crippen molar-refractivity contribution < 1.29 is 19.8 Å². The van der Waals surface area contributed by atoms with Crippen LogP contribution in [0.2, 0.25) is 0 Å². The average molecular weight is 272 g/mol. The summed E-state index contributed by atoms with van der Waals surface area (Å²) in [5.74, 6) is -2.13. The molecule has 0 aliphatic carbocycles. The third-order valence-corrected chi connectivity index (χ3v) is 2.60. The van der Waals surface area contributed by atoms with E-state index in [-0.39, 0.29) is 11.1 Å². The molecule has 0 spiro atoms. The first-order valence-electron chi connectivity index (χ1n) is 6.00. The molecule has 0 amide bonds. The number of benzene rings is 2. The number of aromatic carboxylic acids is 2. The molecular formula is C16H16O4. The normalized spacial score (nSPS) is 9.30. The highest BCUT2D eigenvalue weighted by atomic mass is 16.4. The molecule has 0 atom stereocenters. The Kier molecular flexibility index (Phi) is 5.47. The van der Waals surface area contributed by atoms with E-state index >= 15 is 0 Å². The first-order valence-corrected chi connectivity index (χ1v) is 6.00. The second kappa shape index (κ2) is 7.09. The zero-order valence-corrected chi connectivity index (χ0v) is 11.3. The lowest BCUT2D eigenvalue weighted by atomic mass is 10.1. The number of rotatable bonds is 2. The molecule has 0 unspecified atom stereocenters. The summed E-state index contributed by atoms with van der Waals surface area (Å²) >= 11 is 0. The van der Waals surface area contributed by atoms with E-state index in [0.29, 0.717) is 0 Å². The van der Waals surface area contributed by atoms with Crippen molar-refractivity contribution in [1.82, 2.24) is 0 Å². The van der Waals surface area contributed by atoms with Crippen LogP contribution >= 0.6 is 0 Å². The number of hydrogen-bond acceptors (Lipinski definition) is 2. The molecule has 2 aromatic rings. The maximum Gasteiger partial charge on any atom is 0.335 e. The molecule has 2 rings (SSSR count). The summed E-state index contributed by atoms with van der Waals surface area (Å²) in [6.45, 7) is 4.19. The molecule has 0 fully saturated rings. The Morgan fingerprint density at radius 1 is 0.650 bits per heavy atom. The number of aryl methyl sites for hydroxylation is 2. The number of hydrogen-bond donors (Lipinski definition) is 2. The molecule has 0 heterocycles. The lowest BCUT2D eigenvalue weighted by Crippen LogP contribution is -1.99. The Labute approximate surface area is 117 Å². The number of carbonyl (C=O) groups is 2. The Balaban J connectivity index is 0.000000217. The van der Waals surface area contributed by atoms with Crippen LogP contribution in [0.3, 0.4) is 0 Å². The molecule has 0 radical (unpaired) electrons. The molecule has 0 aromatic heterocycles. The van der Waals surface area contributed by atoms with Crippen molar-refractivity contribution in [3.63, 3.8) is 0 Å². The molecule has 4 heteroatoms. The second-order valence-corrected chi connectivity index (χ2v) is 4.34.